The molecule has 5 nitrogen and oxygen atoms in total. The van der Waals surface area contributed by atoms with Crippen molar-refractivity contribution in [3.05, 3.63) is 39.7 Å². The largest absolute Gasteiger partial charge is 0.465 e. The first-order valence-electron chi connectivity index (χ1n) is 6.07. The SMILES string of the molecule is COC(=O)c1cc(N)cc(Cl)c1-n1nc(C)c(C)c1C. The van der Waals surface area contributed by atoms with E-state index < -0.39 is 5.97 Å². The maximum Gasteiger partial charge on any atom is 0.340 e. The molecule has 0 amide bonds. The van der Waals surface area contributed by atoms with E-state index in [0.29, 0.717) is 22.0 Å². The first kappa shape index (κ1) is 14.4. The van der Waals surface area contributed by atoms with Crippen LogP contribution in [-0.4, -0.2) is 22.9 Å². The van der Waals surface area contributed by atoms with Gasteiger partial charge in [-0.3, -0.25) is 0 Å². The topological polar surface area (TPSA) is 70.1 Å². The molecule has 1 aromatic heterocycles. The lowest BCUT2D eigenvalue weighted by molar-refractivity contribution is 0.0600. The van der Waals surface area contributed by atoms with Gasteiger partial charge in [0, 0.05) is 11.4 Å². The summed E-state index contributed by atoms with van der Waals surface area (Å²) < 4.78 is 6.44. The van der Waals surface area contributed by atoms with Gasteiger partial charge in [-0.15, -0.1) is 0 Å². The number of nitrogen functional groups attached to an aromatic ring is 1. The summed E-state index contributed by atoms with van der Waals surface area (Å²) in [5, 5.41) is 4.79. The minimum Gasteiger partial charge on any atom is -0.465 e. The van der Waals surface area contributed by atoms with E-state index in [2.05, 4.69) is 5.10 Å². The number of carbonyl (C=O) groups is 1. The number of rotatable bonds is 2. The van der Waals surface area contributed by atoms with Crippen LogP contribution in [0.25, 0.3) is 5.69 Å². The third-order valence-electron chi connectivity index (χ3n) is 3.36. The molecular weight excluding hydrogens is 278 g/mol. The fourth-order valence-corrected chi connectivity index (χ4v) is 2.35. The summed E-state index contributed by atoms with van der Waals surface area (Å²) in [5.41, 5.74) is 9.78. The van der Waals surface area contributed by atoms with Crippen LogP contribution in [0, 0.1) is 20.8 Å². The van der Waals surface area contributed by atoms with Gasteiger partial charge in [-0.2, -0.15) is 5.10 Å². The van der Waals surface area contributed by atoms with Gasteiger partial charge in [0.25, 0.3) is 0 Å². The predicted molar refractivity (Wildman–Crippen MR) is 78.5 cm³/mol. The lowest BCUT2D eigenvalue weighted by Crippen LogP contribution is -2.11. The molecule has 1 heterocycles. The second kappa shape index (κ2) is 5.17. The average molecular weight is 294 g/mol. The van der Waals surface area contributed by atoms with Crippen LogP contribution in [0.2, 0.25) is 5.02 Å². The van der Waals surface area contributed by atoms with Crippen molar-refractivity contribution in [3.8, 4) is 5.69 Å². The molecule has 1 aromatic carbocycles. The maximum atomic E-state index is 11.9. The highest BCUT2D eigenvalue weighted by Crippen LogP contribution is 2.30. The van der Waals surface area contributed by atoms with E-state index in [9.17, 15) is 4.79 Å². The number of nitrogens with two attached hydrogens (primary N) is 1. The Balaban J connectivity index is 2.78. The fraction of sp³-hybridized carbons (Fsp3) is 0.286. The molecule has 0 aliphatic carbocycles. The Labute approximate surface area is 122 Å². The molecule has 0 aliphatic heterocycles. The lowest BCUT2D eigenvalue weighted by atomic mass is 10.1. The van der Waals surface area contributed by atoms with Crippen LogP contribution in [0.4, 0.5) is 5.69 Å². The van der Waals surface area contributed by atoms with Gasteiger partial charge in [0.05, 0.1) is 29.1 Å². The number of halogens is 1. The molecule has 106 valence electrons. The molecule has 0 saturated heterocycles. The Morgan fingerprint density at radius 1 is 1.35 bits per heavy atom. The first-order chi connectivity index (χ1) is 9.36. The normalized spacial score (nSPS) is 10.7. The Hall–Kier alpha value is -2.01. The van der Waals surface area contributed by atoms with Gasteiger partial charge in [-0.25, -0.2) is 9.48 Å². The van der Waals surface area contributed by atoms with Gasteiger partial charge >= 0.3 is 5.97 Å². The van der Waals surface area contributed by atoms with Gasteiger partial charge < -0.3 is 10.5 Å². The molecule has 0 saturated carbocycles. The van der Waals surface area contributed by atoms with Gasteiger partial charge in [-0.1, -0.05) is 11.6 Å². The van der Waals surface area contributed by atoms with Crippen LogP contribution >= 0.6 is 11.6 Å². The quantitative estimate of drug-likeness (QED) is 0.683. The molecule has 6 heteroatoms. The molecule has 0 aliphatic rings. The molecule has 2 aromatic rings. The third kappa shape index (κ3) is 2.25. The monoisotopic (exact) mass is 293 g/mol. The van der Waals surface area contributed by atoms with E-state index in [1.807, 2.05) is 20.8 Å². The number of methoxy groups -OCH3 is 1. The molecule has 0 fully saturated rings. The van der Waals surface area contributed by atoms with Gasteiger partial charge in [-0.05, 0) is 38.5 Å². The van der Waals surface area contributed by atoms with E-state index in [1.54, 1.807) is 16.8 Å². The van der Waals surface area contributed by atoms with Crippen molar-refractivity contribution in [1.29, 1.82) is 0 Å². The van der Waals surface area contributed by atoms with Crippen molar-refractivity contribution < 1.29 is 9.53 Å². The molecule has 2 rings (SSSR count). The van der Waals surface area contributed by atoms with Crippen molar-refractivity contribution in [2.24, 2.45) is 0 Å². The zero-order chi connectivity index (χ0) is 15.0. The highest BCUT2D eigenvalue weighted by atomic mass is 35.5. The van der Waals surface area contributed by atoms with Gasteiger partial charge in [0.2, 0.25) is 0 Å². The Kier molecular flexibility index (Phi) is 3.72. The van der Waals surface area contributed by atoms with Crippen molar-refractivity contribution in [2.45, 2.75) is 20.8 Å². The van der Waals surface area contributed by atoms with Gasteiger partial charge in [0.1, 0.15) is 0 Å². The Morgan fingerprint density at radius 2 is 2.00 bits per heavy atom. The highest BCUT2D eigenvalue weighted by Gasteiger charge is 2.21. The zero-order valence-electron chi connectivity index (χ0n) is 11.8. The number of hydrogen-bond acceptors (Lipinski definition) is 4. The molecule has 0 unspecified atom stereocenters. The molecular formula is C14H16ClN3O2. The summed E-state index contributed by atoms with van der Waals surface area (Å²) in [5.74, 6) is -0.501. The number of aryl methyl sites for hydroxylation is 1. The summed E-state index contributed by atoms with van der Waals surface area (Å²) in [7, 11) is 1.32. The van der Waals surface area contributed by atoms with Crippen molar-refractivity contribution in [1.82, 2.24) is 9.78 Å². The van der Waals surface area contributed by atoms with Crippen LogP contribution in [0.5, 0.6) is 0 Å². The average Bonchev–Trinajstić information content (AvgIpc) is 2.64. The fourth-order valence-electron chi connectivity index (χ4n) is 2.04. The smallest absolute Gasteiger partial charge is 0.340 e. The summed E-state index contributed by atoms with van der Waals surface area (Å²) >= 11 is 6.26. The van der Waals surface area contributed by atoms with E-state index in [1.165, 1.54) is 7.11 Å². The molecule has 0 bridgehead atoms. The molecule has 0 atom stereocenters. The predicted octanol–water partition coefficient (Wildman–Crippen LogP) is 2.82. The number of nitrogens with zero attached hydrogens (tertiary/aromatic N) is 2. The Bertz CT molecular complexity index is 692. The second-order valence-electron chi connectivity index (χ2n) is 4.60. The van der Waals surface area contributed by atoms with Crippen molar-refractivity contribution in [3.63, 3.8) is 0 Å². The van der Waals surface area contributed by atoms with Crippen LogP contribution < -0.4 is 5.73 Å². The number of hydrogen-bond donors (Lipinski definition) is 1. The zero-order valence-corrected chi connectivity index (χ0v) is 12.6. The number of carbonyl (C=O) groups excluding carboxylic acids is 1. The van der Waals surface area contributed by atoms with E-state index >= 15 is 0 Å². The minimum absolute atomic E-state index is 0.295. The number of benzene rings is 1. The number of esters is 1. The van der Waals surface area contributed by atoms with Crippen molar-refractivity contribution >= 4 is 23.3 Å². The van der Waals surface area contributed by atoms with E-state index in [-0.39, 0.29) is 0 Å². The number of anilines is 1. The molecule has 2 N–H and O–H groups in total. The van der Waals surface area contributed by atoms with Gasteiger partial charge in [0.15, 0.2) is 0 Å². The van der Waals surface area contributed by atoms with Crippen molar-refractivity contribution in [2.75, 3.05) is 12.8 Å². The summed E-state index contributed by atoms with van der Waals surface area (Å²) in [6.07, 6.45) is 0. The number of ether oxygens (including phenoxy) is 1. The Morgan fingerprint density at radius 3 is 2.50 bits per heavy atom. The molecule has 0 radical (unpaired) electrons. The van der Waals surface area contributed by atoms with E-state index in [4.69, 9.17) is 22.1 Å². The molecule has 0 spiro atoms. The van der Waals surface area contributed by atoms with Crippen LogP contribution in [0.15, 0.2) is 12.1 Å². The number of aromatic nitrogens is 2. The first-order valence-corrected chi connectivity index (χ1v) is 6.45. The third-order valence-corrected chi connectivity index (χ3v) is 3.64. The molecule has 20 heavy (non-hydrogen) atoms. The second-order valence-corrected chi connectivity index (χ2v) is 5.01. The lowest BCUT2D eigenvalue weighted by Gasteiger charge is -2.13. The highest BCUT2D eigenvalue weighted by molar-refractivity contribution is 6.33. The van der Waals surface area contributed by atoms with E-state index in [0.717, 1.165) is 17.0 Å². The summed E-state index contributed by atoms with van der Waals surface area (Å²) in [4.78, 5) is 11.9. The maximum absolute atomic E-state index is 11.9. The van der Waals surface area contributed by atoms with Crippen LogP contribution in [-0.2, 0) is 4.74 Å². The summed E-state index contributed by atoms with van der Waals surface area (Å²) in [6.45, 7) is 5.79. The van der Waals surface area contributed by atoms with Crippen LogP contribution in [0.3, 0.4) is 0 Å². The van der Waals surface area contributed by atoms with Crippen LogP contribution in [0.1, 0.15) is 27.3 Å². The summed E-state index contributed by atoms with van der Waals surface area (Å²) in [6, 6.07) is 3.13. The standard InChI is InChI=1S/C14H16ClN3O2/c1-7-8(2)17-18(9(7)3)13-11(14(19)20-4)5-10(16)6-12(13)15/h5-6H,16H2,1-4H3. The minimum atomic E-state index is -0.501.